The van der Waals surface area contributed by atoms with Crippen LogP contribution in [-0.4, -0.2) is 17.0 Å². The van der Waals surface area contributed by atoms with Crippen molar-refractivity contribution in [3.8, 4) is 0 Å². The SMILES string of the molecule is CN(Cc1cscn1)c1c(N)cnc2ccccc12. The summed E-state index contributed by atoms with van der Waals surface area (Å²) in [4.78, 5) is 10.8. The van der Waals surface area contributed by atoms with Crippen LogP contribution in [0.25, 0.3) is 10.9 Å². The second-order valence-electron chi connectivity index (χ2n) is 4.42. The average molecular weight is 270 g/mol. The van der Waals surface area contributed by atoms with Crippen molar-refractivity contribution in [3.63, 3.8) is 0 Å². The quantitative estimate of drug-likeness (QED) is 0.795. The highest BCUT2D eigenvalue weighted by molar-refractivity contribution is 7.07. The fraction of sp³-hybridized carbons (Fsp3) is 0.143. The number of para-hydroxylation sites is 1. The van der Waals surface area contributed by atoms with E-state index >= 15 is 0 Å². The van der Waals surface area contributed by atoms with Crippen LogP contribution in [0.15, 0.2) is 41.4 Å². The minimum Gasteiger partial charge on any atom is -0.396 e. The molecule has 0 radical (unpaired) electrons. The molecule has 0 bridgehead atoms. The Hall–Kier alpha value is -2.14. The third-order valence-electron chi connectivity index (χ3n) is 3.04. The predicted octanol–water partition coefficient (Wildman–Crippen LogP) is 2.91. The van der Waals surface area contributed by atoms with Gasteiger partial charge in [0.1, 0.15) is 0 Å². The number of rotatable bonds is 3. The van der Waals surface area contributed by atoms with Gasteiger partial charge >= 0.3 is 0 Å². The van der Waals surface area contributed by atoms with Gasteiger partial charge in [0.15, 0.2) is 0 Å². The lowest BCUT2D eigenvalue weighted by atomic mass is 10.1. The number of thiazole rings is 1. The molecule has 2 N–H and O–H groups in total. The van der Waals surface area contributed by atoms with Crippen LogP contribution in [0.1, 0.15) is 5.69 Å². The fourth-order valence-corrected chi connectivity index (χ4v) is 2.76. The van der Waals surface area contributed by atoms with E-state index in [1.165, 1.54) is 0 Å². The minimum atomic E-state index is 0.691. The van der Waals surface area contributed by atoms with Crippen LogP contribution in [0.4, 0.5) is 11.4 Å². The minimum absolute atomic E-state index is 0.691. The monoisotopic (exact) mass is 270 g/mol. The molecule has 3 aromatic rings. The van der Waals surface area contributed by atoms with E-state index < -0.39 is 0 Å². The Morgan fingerprint density at radius 2 is 2.11 bits per heavy atom. The standard InChI is InChI=1S/C14H14N4S/c1-18(7-10-8-19-9-17-10)14-11-4-2-3-5-13(11)16-6-12(14)15/h2-6,8-9H,7,15H2,1H3. The molecule has 1 aromatic carbocycles. The molecule has 3 rings (SSSR count). The molecule has 2 heterocycles. The number of pyridine rings is 1. The van der Waals surface area contributed by atoms with E-state index in [0.717, 1.165) is 28.8 Å². The summed E-state index contributed by atoms with van der Waals surface area (Å²) in [5, 5.41) is 3.12. The van der Waals surface area contributed by atoms with Crippen molar-refractivity contribution in [2.45, 2.75) is 6.54 Å². The Morgan fingerprint density at radius 1 is 1.26 bits per heavy atom. The molecule has 96 valence electrons. The Balaban J connectivity index is 2.05. The maximum absolute atomic E-state index is 6.09. The Kier molecular flexibility index (Phi) is 3.05. The Labute approximate surface area is 115 Å². The first-order valence-electron chi connectivity index (χ1n) is 5.97. The zero-order valence-electron chi connectivity index (χ0n) is 10.6. The lowest BCUT2D eigenvalue weighted by Gasteiger charge is -2.21. The lowest BCUT2D eigenvalue weighted by Crippen LogP contribution is -2.18. The van der Waals surface area contributed by atoms with Gasteiger partial charge in [0.2, 0.25) is 0 Å². The van der Waals surface area contributed by atoms with Gasteiger partial charge in [-0.05, 0) is 6.07 Å². The van der Waals surface area contributed by atoms with Crippen molar-refractivity contribution in [2.75, 3.05) is 17.7 Å². The van der Waals surface area contributed by atoms with E-state index in [0.29, 0.717) is 5.69 Å². The third kappa shape index (κ3) is 2.24. The van der Waals surface area contributed by atoms with Crippen molar-refractivity contribution in [2.24, 2.45) is 0 Å². The number of aromatic nitrogens is 2. The summed E-state index contributed by atoms with van der Waals surface area (Å²) in [6.45, 7) is 0.738. The van der Waals surface area contributed by atoms with Crippen LogP contribution in [0.5, 0.6) is 0 Å². The number of hydrogen-bond donors (Lipinski definition) is 1. The molecule has 0 unspecified atom stereocenters. The van der Waals surface area contributed by atoms with E-state index in [1.807, 2.05) is 36.8 Å². The Bertz CT molecular complexity index is 694. The highest BCUT2D eigenvalue weighted by Gasteiger charge is 2.12. The zero-order valence-corrected chi connectivity index (χ0v) is 11.4. The van der Waals surface area contributed by atoms with Gasteiger partial charge in [-0.25, -0.2) is 4.98 Å². The third-order valence-corrected chi connectivity index (χ3v) is 3.67. The van der Waals surface area contributed by atoms with E-state index in [2.05, 4.69) is 20.2 Å². The molecular weight excluding hydrogens is 256 g/mol. The van der Waals surface area contributed by atoms with E-state index in [9.17, 15) is 0 Å². The van der Waals surface area contributed by atoms with Gasteiger partial charge in [-0.15, -0.1) is 11.3 Å². The van der Waals surface area contributed by atoms with Crippen molar-refractivity contribution in [3.05, 3.63) is 47.0 Å². The van der Waals surface area contributed by atoms with Crippen molar-refractivity contribution >= 4 is 33.6 Å². The van der Waals surface area contributed by atoms with Crippen LogP contribution in [0, 0.1) is 0 Å². The lowest BCUT2D eigenvalue weighted by molar-refractivity contribution is 0.899. The molecule has 19 heavy (non-hydrogen) atoms. The first-order chi connectivity index (χ1) is 9.25. The largest absolute Gasteiger partial charge is 0.396 e. The summed E-state index contributed by atoms with van der Waals surface area (Å²) in [6.07, 6.45) is 1.72. The molecule has 0 amide bonds. The smallest absolute Gasteiger partial charge is 0.0795 e. The second-order valence-corrected chi connectivity index (χ2v) is 5.13. The molecule has 4 nitrogen and oxygen atoms in total. The maximum atomic E-state index is 6.09. The zero-order chi connectivity index (χ0) is 13.2. The summed E-state index contributed by atoms with van der Waals surface area (Å²) < 4.78 is 0. The number of nitrogen functional groups attached to an aromatic ring is 1. The molecule has 2 aromatic heterocycles. The first-order valence-corrected chi connectivity index (χ1v) is 6.91. The van der Waals surface area contributed by atoms with E-state index in [4.69, 9.17) is 5.73 Å². The summed E-state index contributed by atoms with van der Waals surface area (Å²) in [5.41, 5.74) is 11.6. The molecule has 0 fully saturated rings. The van der Waals surface area contributed by atoms with Gasteiger partial charge in [-0.3, -0.25) is 4.98 Å². The molecule has 0 spiro atoms. The fourth-order valence-electron chi connectivity index (χ4n) is 2.21. The molecular formula is C14H14N4S. The normalized spacial score (nSPS) is 10.8. The number of nitrogens with zero attached hydrogens (tertiary/aromatic N) is 3. The van der Waals surface area contributed by atoms with Crippen molar-refractivity contribution < 1.29 is 0 Å². The maximum Gasteiger partial charge on any atom is 0.0795 e. The van der Waals surface area contributed by atoms with Gasteiger partial charge in [0.05, 0.1) is 40.8 Å². The average Bonchev–Trinajstić information content (AvgIpc) is 2.91. The molecule has 0 aliphatic carbocycles. The van der Waals surface area contributed by atoms with Gasteiger partial charge in [0.25, 0.3) is 0 Å². The molecule has 0 saturated heterocycles. The predicted molar refractivity (Wildman–Crippen MR) is 80.4 cm³/mol. The van der Waals surface area contributed by atoms with Crippen molar-refractivity contribution in [1.82, 2.24) is 9.97 Å². The second kappa shape index (κ2) is 4.85. The summed E-state index contributed by atoms with van der Waals surface area (Å²) in [7, 11) is 2.03. The van der Waals surface area contributed by atoms with Gasteiger partial charge in [0, 0.05) is 17.8 Å². The van der Waals surface area contributed by atoms with Crippen molar-refractivity contribution in [1.29, 1.82) is 0 Å². The Morgan fingerprint density at radius 3 is 2.89 bits per heavy atom. The molecule has 5 heteroatoms. The number of fused-ring (bicyclic) bond motifs is 1. The van der Waals surface area contributed by atoms with Crippen LogP contribution >= 0.6 is 11.3 Å². The molecule has 0 aliphatic heterocycles. The van der Waals surface area contributed by atoms with Crippen LogP contribution in [-0.2, 0) is 6.54 Å². The van der Waals surface area contributed by atoms with Gasteiger partial charge in [-0.2, -0.15) is 0 Å². The number of nitrogens with two attached hydrogens (primary N) is 1. The molecule has 0 atom stereocenters. The van der Waals surface area contributed by atoms with E-state index in [-0.39, 0.29) is 0 Å². The van der Waals surface area contributed by atoms with Crippen LogP contribution in [0.2, 0.25) is 0 Å². The summed E-state index contributed by atoms with van der Waals surface area (Å²) in [5.74, 6) is 0. The summed E-state index contributed by atoms with van der Waals surface area (Å²) in [6, 6.07) is 8.03. The first kappa shape index (κ1) is 11.9. The highest BCUT2D eigenvalue weighted by Crippen LogP contribution is 2.31. The molecule has 0 aliphatic rings. The highest BCUT2D eigenvalue weighted by atomic mass is 32.1. The van der Waals surface area contributed by atoms with Crippen LogP contribution in [0.3, 0.4) is 0 Å². The number of benzene rings is 1. The summed E-state index contributed by atoms with van der Waals surface area (Å²) >= 11 is 1.60. The molecule has 0 saturated carbocycles. The van der Waals surface area contributed by atoms with Crippen LogP contribution < -0.4 is 10.6 Å². The van der Waals surface area contributed by atoms with Gasteiger partial charge < -0.3 is 10.6 Å². The number of hydrogen-bond acceptors (Lipinski definition) is 5. The van der Waals surface area contributed by atoms with E-state index in [1.54, 1.807) is 17.5 Å². The topological polar surface area (TPSA) is 55.0 Å². The number of anilines is 2. The van der Waals surface area contributed by atoms with Gasteiger partial charge in [-0.1, -0.05) is 18.2 Å².